The SMILES string of the molecule is CC(C)Oc1ccc2[nH]nc(-c3nccc(N/C=C(/CCO)N=N)n3)c2c1. The first-order valence-corrected chi connectivity index (χ1v) is 8.53. The predicted molar refractivity (Wildman–Crippen MR) is 101 cm³/mol. The highest BCUT2D eigenvalue weighted by molar-refractivity contribution is 5.92. The van der Waals surface area contributed by atoms with E-state index in [1.807, 2.05) is 32.0 Å². The first kappa shape index (κ1) is 18.5. The van der Waals surface area contributed by atoms with Crippen molar-refractivity contribution in [2.75, 3.05) is 11.9 Å². The first-order valence-electron chi connectivity index (χ1n) is 8.53. The fraction of sp³-hybridized carbons (Fsp3) is 0.278. The summed E-state index contributed by atoms with van der Waals surface area (Å²) in [5, 5.41) is 23.5. The van der Waals surface area contributed by atoms with E-state index < -0.39 is 0 Å². The van der Waals surface area contributed by atoms with Crippen LogP contribution in [0.2, 0.25) is 0 Å². The molecule has 1 aromatic carbocycles. The molecule has 9 nitrogen and oxygen atoms in total. The van der Waals surface area contributed by atoms with E-state index in [0.29, 0.717) is 23.0 Å². The van der Waals surface area contributed by atoms with Crippen molar-refractivity contribution >= 4 is 16.7 Å². The van der Waals surface area contributed by atoms with Crippen molar-refractivity contribution in [1.29, 1.82) is 5.53 Å². The molecular formula is C18H21N7O2. The zero-order chi connectivity index (χ0) is 19.2. The van der Waals surface area contributed by atoms with E-state index in [9.17, 15) is 0 Å². The number of hydrogen-bond donors (Lipinski definition) is 4. The van der Waals surface area contributed by atoms with Gasteiger partial charge in [-0.05, 0) is 38.1 Å². The van der Waals surface area contributed by atoms with Gasteiger partial charge in [0.05, 0.1) is 17.3 Å². The fourth-order valence-corrected chi connectivity index (χ4v) is 2.49. The molecule has 0 spiro atoms. The van der Waals surface area contributed by atoms with E-state index in [0.717, 1.165) is 16.7 Å². The fourth-order valence-electron chi connectivity index (χ4n) is 2.49. The van der Waals surface area contributed by atoms with Crippen LogP contribution in [0.5, 0.6) is 5.75 Å². The number of nitrogens with one attached hydrogen (secondary N) is 3. The van der Waals surface area contributed by atoms with Gasteiger partial charge in [0.1, 0.15) is 17.3 Å². The Morgan fingerprint density at radius 1 is 1.41 bits per heavy atom. The Morgan fingerprint density at radius 2 is 2.26 bits per heavy atom. The molecule has 0 saturated heterocycles. The molecule has 0 atom stereocenters. The van der Waals surface area contributed by atoms with Gasteiger partial charge in [0.2, 0.25) is 0 Å². The quantitative estimate of drug-likeness (QED) is 0.451. The molecule has 0 fully saturated rings. The van der Waals surface area contributed by atoms with E-state index in [-0.39, 0.29) is 19.1 Å². The van der Waals surface area contributed by atoms with Crippen molar-refractivity contribution in [2.24, 2.45) is 5.11 Å². The van der Waals surface area contributed by atoms with E-state index in [2.05, 4.69) is 30.6 Å². The Labute approximate surface area is 156 Å². The second kappa shape index (κ2) is 8.37. The smallest absolute Gasteiger partial charge is 0.182 e. The molecule has 0 saturated carbocycles. The van der Waals surface area contributed by atoms with Crippen LogP contribution in [0, 0.1) is 5.53 Å². The van der Waals surface area contributed by atoms with Gasteiger partial charge in [-0.3, -0.25) is 5.10 Å². The van der Waals surface area contributed by atoms with E-state index in [4.69, 9.17) is 15.4 Å². The number of aromatic nitrogens is 4. The Morgan fingerprint density at radius 3 is 3.00 bits per heavy atom. The number of aliphatic hydroxyl groups excluding tert-OH is 1. The van der Waals surface area contributed by atoms with Gasteiger partial charge in [0, 0.05) is 30.8 Å². The van der Waals surface area contributed by atoms with Crippen molar-refractivity contribution in [3.63, 3.8) is 0 Å². The summed E-state index contributed by atoms with van der Waals surface area (Å²) in [6, 6.07) is 7.41. The molecule has 2 heterocycles. The van der Waals surface area contributed by atoms with Gasteiger partial charge in [0.25, 0.3) is 0 Å². The van der Waals surface area contributed by atoms with Gasteiger partial charge in [-0.25, -0.2) is 15.5 Å². The van der Waals surface area contributed by atoms with Gasteiger partial charge in [-0.1, -0.05) is 0 Å². The van der Waals surface area contributed by atoms with E-state index in [1.165, 1.54) is 6.20 Å². The summed E-state index contributed by atoms with van der Waals surface area (Å²) in [5.41, 5.74) is 8.99. The summed E-state index contributed by atoms with van der Waals surface area (Å²) in [5.74, 6) is 1.74. The molecule has 4 N–H and O–H groups in total. The van der Waals surface area contributed by atoms with Crippen LogP contribution in [0.15, 0.2) is 47.5 Å². The third kappa shape index (κ3) is 4.45. The Balaban J connectivity index is 1.91. The van der Waals surface area contributed by atoms with Gasteiger partial charge < -0.3 is 15.2 Å². The second-order valence-electron chi connectivity index (χ2n) is 6.08. The molecule has 0 amide bonds. The van der Waals surface area contributed by atoms with Crippen LogP contribution in [0.25, 0.3) is 22.4 Å². The number of aromatic amines is 1. The highest BCUT2D eigenvalue weighted by atomic mass is 16.5. The Bertz CT molecular complexity index is 965. The monoisotopic (exact) mass is 367 g/mol. The summed E-state index contributed by atoms with van der Waals surface area (Å²) in [7, 11) is 0. The van der Waals surface area contributed by atoms with Crippen molar-refractivity contribution in [3.8, 4) is 17.3 Å². The van der Waals surface area contributed by atoms with Crippen LogP contribution in [0.4, 0.5) is 5.82 Å². The average Bonchev–Trinajstić information content (AvgIpc) is 3.08. The Kier molecular flexibility index (Phi) is 5.72. The summed E-state index contributed by atoms with van der Waals surface area (Å²) in [6.45, 7) is 3.87. The topological polar surface area (TPSA) is 132 Å². The number of rotatable bonds is 8. The van der Waals surface area contributed by atoms with Crippen LogP contribution in [0.3, 0.4) is 0 Å². The molecule has 3 rings (SSSR count). The molecular weight excluding hydrogens is 346 g/mol. The van der Waals surface area contributed by atoms with E-state index in [1.54, 1.807) is 12.3 Å². The highest BCUT2D eigenvalue weighted by Crippen LogP contribution is 2.28. The number of H-pyrrole nitrogens is 1. The first-order chi connectivity index (χ1) is 13.1. The van der Waals surface area contributed by atoms with Crippen molar-refractivity contribution in [3.05, 3.63) is 42.4 Å². The largest absolute Gasteiger partial charge is 0.491 e. The summed E-state index contributed by atoms with van der Waals surface area (Å²) >= 11 is 0. The van der Waals surface area contributed by atoms with Crippen LogP contribution in [-0.4, -0.2) is 38.0 Å². The van der Waals surface area contributed by atoms with Gasteiger partial charge in [-0.15, -0.1) is 0 Å². The van der Waals surface area contributed by atoms with Crippen LogP contribution >= 0.6 is 0 Å². The predicted octanol–water partition coefficient (Wildman–Crippen LogP) is 3.47. The maximum atomic E-state index is 8.95. The molecule has 3 aromatic rings. The van der Waals surface area contributed by atoms with Crippen LogP contribution < -0.4 is 10.1 Å². The average molecular weight is 367 g/mol. The minimum absolute atomic E-state index is 0.0731. The molecule has 27 heavy (non-hydrogen) atoms. The standard InChI is InChI=1S/C18H21N7O2/c1-11(2)27-13-3-4-15-14(9-13)17(25-24-15)18-20-7-5-16(22-18)21-10-12(23-19)6-8-26/h3-5,7,9-11,19,26H,6,8H2,1-2H3,(H,24,25)(H,20,21,22)/b12-10-,23-19?. The molecule has 140 valence electrons. The number of benzene rings is 1. The maximum Gasteiger partial charge on any atom is 0.182 e. The van der Waals surface area contributed by atoms with Gasteiger partial charge in [-0.2, -0.15) is 10.2 Å². The molecule has 0 aliphatic carbocycles. The van der Waals surface area contributed by atoms with Crippen LogP contribution in [0.1, 0.15) is 20.3 Å². The minimum Gasteiger partial charge on any atom is -0.491 e. The third-order valence-corrected chi connectivity index (χ3v) is 3.67. The molecule has 0 aliphatic rings. The molecule has 0 radical (unpaired) electrons. The van der Waals surface area contributed by atoms with Crippen molar-refractivity contribution in [2.45, 2.75) is 26.4 Å². The molecule has 9 heteroatoms. The lowest BCUT2D eigenvalue weighted by atomic mass is 10.2. The lowest BCUT2D eigenvalue weighted by Gasteiger charge is -2.09. The Hall–Kier alpha value is -3.33. The number of fused-ring (bicyclic) bond motifs is 1. The number of hydrogen-bond acceptors (Lipinski definition) is 8. The second-order valence-corrected chi connectivity index (χ2v) is 6.08. The summed E-state index contributed by atoms with van der Waals surface area (Å²) < 4.78 is 5.76. The number of aliphatic hydroxyl groups is 1. The van der Waals surface area contributed by atoms with Gasteiger partial charge in [0.15, 0.2) is 5.82 Å². The normalized spacial score (nSPS) is 11.8. The molecule has 0 bridgehead atoms. The minimum atomic E-state index is -0.0784. The zero-order valence-corrected chi connectivity index (χ0v) is 15.1. The number of ether oxygens (including phenoxy) is 1. The number of nitrogens with zero attached hydrogens (tertiary/aromatic N) is 4. The molecule has 2 aromatic heterocycles. The lowest BCUT2D eigenvalue weighted by Crippen LogP contribution is -2.05. The summed E-state index contributed by atoms with van der Waals surface area (Å²) in [4.78, 5) is 8.78. The summed E-state index contributed by atoms with van der Waals surface area (Å²) in [6.07, 6.45) is 3.52. The highest BCUT2D eigenvalue weighted by Gasteiger charge is 2.13. The zero-order valence-electron chi connectivity index (χ0n) is 15.1. The lowest BCUT2D eigenvalue weighted by molar-refractivity contribution is 0.243. The van der Waals surface area contributed by atoms with Crippen molar-refractivity contribution < 1.29 is 9.84 Å². The maximum absolute atomic E-state index is 8.95. The molecule has 0 unspecified atom stereocenters. The van der Waals surface area contributed by atoms with Crippen molar-refractivity contribution in [1.82, 2.24) is 20.2 Å². The number of anilines is 1. The third-order valence-electron chi connectivity index (χ3n) is 3.67. The molecule has 0 aliphatic heterocycles. The van der Waals surface area contributed by atoms with Gasteiger partial charge >= 0.3 is 0 Å². The van der Waals surface area contributed by atoms with E-state index >= 15 is 0 Å². The van der Waals surface area contributed by atoms with Crippen LogP contribution in [-0.2, 0) is 0 Å².